The minimum Gasteiger partial charge on any atom is -0.357 e. The maximum Gasteiger partial charge on any atom is 0.191 e. The Morgan fingerprint density at radius 2 is 1.90 bits per heavy atom. The highest BCUT2D eigenvalue weighted by Crippen LogP contribution is 2.16. The number of nitrogens with zero attached hydrogens (tertiary/aromatic N) is 3. The monoisotopic (exact) mass is 293 g/mol. The van der Waals surface area contributed by atoms with Gasteiger partial charge in [-0.05, 0) is 26.2 Å². The average molecular weight is 293 g/mol. The van der Waals surface area contributed by atoms with Gasteiger partial charge in [0.15, 0.2) is 5.96 Å². The molecule has 0 atom stereocenters. The highest BCUT2D eigenvalue weighted by Gasteiger charge is 2.13. The number of nitrogens with one attached hydrogen (secondary N) is 2. The van der Waals surface area contributed by atoms with Crippen molar-refractivity contribution in [3.05, 3.63) is 17.0 Å². The number of aliphatic imine (C=N–C) groups is 1. The van der Waals surface area contributed by atoms with Gasteiger partial charge < -0.3 is 10.6 Å². The van der Waals surface area contributed by atoms with Gasteiger partial charge in [0.2, 0.25) is 0 Å². The first-order valence-corrected chi connectivity index (χ1v) is 8.23. The molecule has 0 amide bonds. The van der Waals surface area contributed by atoms with E-state index in [2.05, 4.69) is 43.4 Å². The Balaban J connectivity index is 2.83. The quantitative estimate of drug-likeness (QED) is 0.440. The third-order valence-corrected chi connectivity index (χ3v) is 3.59. The van der Waals surface area contributed by atoms with Crippen LogP contribution in [0.2, 0.25) is 0 Å². The number of hydrogen-bond acceptors (Lipinski definition) is 2. The van der Waals surface area contributed by atoms with Gasteiger partial charge in [-0.2, -0.15) is 5.10 Å². The summed E-state index contributed by atoms with van der Waals surface area (Å²) in [6, 6.07) is 0. The van der Waals surface area contributed by atoms with Gasteiger partial charge in [-0.1, -0.05) is 27.2 Å². The molecule has 0 saturated heterocycles. The summed E-state index contributed by atoms with van der Waals surface area (Å²) in [5.74, 6) is 0.902. The van der Waals surface area contributed by atoms with E-state index in [4.69, 9.17) is 4.99 Å². The molecular weight excluding hydrogens is 262 g/mol. The number of rotatable bonds is 8. The molecule has 0 unspecified atom stereocenters. The maximum atomic E-state index is 4.73. The van der Waals surface area contributed by atoms with Crippen molar-refractivity contribution < 1.29 is 0 Å². The molecule has 0 radical (unpaired) electrons. The van der Waals surface area contributed by atoms with E-state index >= 15 is 0 Å². The Bertz CT molecular complexity index is 448. The summed E-state index contributed by atoms with van der Waals surface area (Å²) < 4.78 is 2.00. The molecule has 0 fully saturated rings. The highest BCUT2D eigenvalue weighted by atomic mass is 15.3. The molecule has 1 aromatic rings. The van der Waals surface area contributed by atoms with Gasteiger partial charge >= 0.3 is 0 Å². The van der Waals surface area contributed by atoms with E-state index < -0.39 is 0 Å². The van der Waals surface area contributed by atoms with E-state index in [1.165, 1.54) is 23.4 Å². The summed E-state index contributed by atoms with van der Waals surface area (Å²) in [4.78, 5) is 4.73. The third-order valence-electron chi connectivity index (χ3n) is 3.59. The van der Waals surface area contributed by atoms with Crippen molar-refractivity contribution in [2.75, 3.05) is 13.1 Å². The predicted molar refractivity (Wildman–Crippen MR) is 89.7 cm³/mol. The molecule has 0 aliphatic heterocycles. The summed E-state index contributed by atoms with van der Waals surface area (Å²) in [6.45, 7) is 11.2. The van der Waals surface area contributed by atoms with Gasteiger partial charge in [0, 0.05) is 31.4 Å². The molecule has 1 rings (SSSR count). The van der Waals surface area contributed by atoms with Crippen LogP contribution in [0.3, 0.4) is 0 Å². The van der Waals surface area contributed by atoms with Gasteiger partial charge in [0.1, 0.15) is 0 Å². The van der Waals surface area contributed by atoms with Crippen LogP contribution >= 0.6 is 0 Å². The average Bonchev–Trinajstić information content (AvgIpc) is 2.80. The molecule has 120 valence electrons. The number of aryl methyl sites for hydroxylation is 2. The van der Waals surface area contributed by atoms with Crippen molar-refractivity contribution in [1.82, 2.24) is 20.4 Å². The summed E-state index contributed by atoms with van der Waals surface area (Å²) in [5.41, 5.74) is 3.75. The van der Waals surface area contributed by atoms with Crippen LogP contribution in [0.5, 0.6) is 0 Å². The zero-order valence-corrected chi connectivity index (χ0v) is 14.3. The lowest BCUT2D eigenvalue weighted by molar-refractivity contribution is 0.703. The second-order valence-corrected chi connectivity index (χ2v) is 5.18. The standard InChI is InChI=1S/C16H31N5/c1-6-10-11-18-16(17-9-4)19-12-13-14(7-2)20-21(5)15(13)8-3/h6-12H2,1-5H3,(H2,17,18,19). The topological polar surface area (TPSA) is 54.2 Å². The number of guanidine groups is 1. The SMILES string of the molecule is CCCCNC(=NCc1c(CC)nn(C)c1CC)NCC. The van der Waals surface area contributed by atoms with Gasteiger partial charge in [0.25, 0.3) is 0 Å². The van der Waals surface area contributed by atoms with Crippen LogP contribution < -0.4 is 10.6 Å². The highest BCUT2D eigenvalue weighted by molar-refractivity contribution is 5.79. The van der Waals surface area contributed by atoms with E-state index in [1.54, 1.807) is 0 Å². The van der Waals surface area contributed by atoms with Crippen molar-refractivity contribution in [2.45, 2.75) is 59.9 Å². The largest absolute Gasteiger partial charge is 0.357 e. The molecular formula is C16H31N5. The predicted octanol–water partition coefficient (Wildman–Crippen LogP) is 2.40. The Hall–Kier alpha value is -1.52. The van der Waals surface area contributed by atoms with Gasteiger partial charge in [-0.15, -0.1) is 0 Å². The molecule has 1 heterocycles. The molecule has 0 aromatic carbocycles. The summed E-state index contributed by atoms with van der Waals surface area (Å²) >= 11 is 0. The van der Waals surface area contributed by atoms with Crippen LogP contribution in [0.4, 0.5) is 0 Å². The lowest BCUT2D eigenvalue weighted by Gasteiger charge is -2.11. The molecule has 5 heteroatoms. The fourth-order valence-electron chi connectivity index (χ4n) is 2.46. The van der Waals surface area contributed by atoms with Crippen molar-refractivity contribution in [3.63, 3.8) is 0 Å². The number of hydrogen-bond donors (Lipinski definition) is 2. The van der Waals surface area contributed by atoms with E-state index in [1.807, 2.05) is 11.7 Å². The van der Waals surface area contributed by atoms with Crippen molar-refractivity contribution in [3.8, 4) is 0 Å². The Labute approximate surface area is 129 Å². The van der Waals surface area contributed by atoms with Gasteiger partial charge in [0.05, 0.1) is 12.2 Å². The second kappa shape index (κ2) is 9.42. The summed E-state index contributed by atoms with van der Waals surface area (Å²) in [5, 5.41) is 11.3. The second-order valence-electron chi connectivity index (χ2n) is 5.18. The zero-order chi connectivity index (χ0) is 15.7. The smallest absolute Gasteiger partial charge is 0.191 e. The van der Waals surface area contributed by atoms with Gasteiger partial charge in [-0.25, -0.2) is 4.99 Å². The minimum atomic E-state index is 0.696. The van der Waals surface area contributed by atoms with Crippen molar-refractivity contribution >= 4 is 5.96 Å². The van der Waals surface area contributed by atoms with Crippen molar-refractivity contribution in [1.29, 1.82) is 0 Å². The molecule has 0 saturated carbocycles. The fraction of sp³-hybridized carbons (Fsp3) is 0.750. The maximum absolute atomic E-state index is 4.73. The van der Waals surface area contributed by atoms with Crippen LogP contribution in [-0.4, -0.2) is 28.8 Å². The Morgan fingerprint density at radius 1 is 1.14 bits per heavy atom. The first kappa shape index (κ1) is 17.5. The van der Waals surface area contributed by atoms with Crippen molar-refractivity contribution in [2.24, 2.45) is 12.0 Å². The zero-order valence-electron chi connectivity index (χ0n) is 14.3. The molecule has 1 aromatic heterocycles. The Morgan fingerprint density at radius 3 is 2.48 bits per heavy atom. The number of unbranched alkanes of at least 4 members (excludes halogenated alkanes) is 1. The lowest BCUT2D eigenvalue weighted by atomic mass is 10.1. The van der Waals surface area contributed by atoms with E-state index in [0.717, 1.165) is 38.3 Å². The van der Waals surface area contributed by atoms with E-state index in [-0.39, 0.29) is 0 Å². The molecule has 0 aliphatic carbocycles. The lowest BCUT2D eigenvalue weighted by Crippen LogP contribution is -2.37. The van der Waals surface area contributed by atoms with Gasteiger partial charge in [-0.3, -0.25) is 4.68 Å². The van der Waals surface area contributed by atoms with E-state index in [9.17, 15) is 0 Å². The molecule has 5 nitrogen and oxygen atoms in total. The van der Waals surface area contributed by atoms with E-state index in [0.29, 0.717) is 6.54 Å². The first-order valence-electron chi connectivity index (χ1n) is 8.23. The number of aromatic nitrogens is 2. The van der Waals surface area contributed by atoms with Crippen LogP contribution in [-0.2, 0) is 26.4 Å². The van der Waals surface area contributed by atoms with Crippen LogP contribution in [0, 0.1) is 0 Å². The van der Waals surface area contributed by atoms with Crippen LogP contribution in [0.25, 0.3) is 0 Å². The van der Waals surface area contributed by atoms with Crippen LogP contribution in [0.1, 0.15) is 57.5 Å². The summed E-state index contributed by atoms with van der Waals surface area (Å²) in [7, 11) is 2.02. The fourth-order valence-corrected chi connectivity index (χ4v) is 2.46. The third kappa shape index (κ3) is 5.06. The summed E-state index contributed by atoms with van der Waals surface area (Å²) in [6.07, 6.45) is 4.30. The minimum absolute atomic E-state index is 0.696. The molecule has 0 bridgehead atoms. The molecule has 21 heavy (non-hydrogen) atoms. The molecule has 2 N–H and O–H groups in total. The first-order chi connectivity index (χ1) is 10.2. The Kier molecular flexibility index (Phi) is 7.87. The normalized spacial score (nSPS) is 11.8. The molecule has 0 spiro atoms. The van der Waals surface area contributed by atoms with Crippen LogP contribution in [0.15, 0.2) is 4.99 Å². The molecule has 0 aliphatic rings.